The highest BCUT2D eigenvalue weighted by molar-refractivity contribution is 5.95. The van der Waals surface area contributed by atoms with Gasteiger partial charge in [-0.1, -0.05) is 35.0 Å². The number of nitrogens with zero attached hydrogens (tertiary/aromatic N) is 7. The normalized spacial score (nSPS) is 13.7. The predicted molar refractivity (Wildman–Crippen MR) is 146 cm³/mol. The summed E-state index contributed by atoms with van der Waals surface area (Å²) in [5.41, 5.74) is 12.0. The number of hydrogen-bond acceptors (Lipinski definition) is 11. The summed E-state index contributed by atoms with van der Waals surface area (Å²) in [5, 5.41) is 19.8. The quantitative estimate of drug-likeness (QED) is 0.212. The summed E-state index contributed by atoms with van der Waals surface area (Å²) in [6.07, 6.45) is 3.71. The summed E-state index contributed by atoms with van der Waals surface area (Å²) in [5.74, 6) is 0.737. The molecule has 0 bridgehead atoms. The molecule has 1 aliphatic heterocycles. The molecule has 3 N–H and O–H groups in total. The summed E-state index contributed by atoms with van der Waals surface area (Å²) < 4.78 is 17.7. The molecule has 1 amide bonds. The lowest BCUT2D eigenvalue weighted by Crippen LogP contribution is -2.26. The molecule has 2 aromatic heterocycles. The van der Waals surface area contributed by atoms with Crippen molar-refractivity contribution in [1.82, 2.24) is 35.6 Å². The Bertz CT molecular complexity index is 1490. The van der Waals surface area contributed by atoms with Gasteiger partial charge in [0, 0.05) is 6.54 Å². The minimum absolute atomic E-state index is 0.0108. The van der Waals surface area contributed by atoms with Crippen LogP contribution in [0.1, 0.15) is 52.6 Å². The Morgan fingerprint density at radius 3 is 2.75 bits per heavy atom. The first-order chi connectivity index (χ1) is 19.5. The van der Waals surface area contributed by atoms with Crippen molar-refractivity contribution >= 4 is 17.9 Å². The predicted octanol–water partition coefficient (Wildman–Crippen LogP) is 2.88. The highest BCUT2D eigenvalue weighted by atomic mass is 16.6. The van der Waals surface area contributed by atoms with Crippen molar-refractivity contribution in [2.45, 2.75) is 39.8 Å². The van der Waals surface area contributed by atoms with E-state index in [9.17, 15) is 4.79 Å². The summed E-state index contributed by atoms with van der Waals surface area (Å²) in [7, 11) is 0. The fraction of sp³-hybridized carbons (Fsp3) is 0.333. The van der Waals surface area contributed by atoms with Crippen molar-refractivity contribution in [3.8, 4) is 17.3 Å². The molecule has 3 heterocycles. The van der Waals surface area contributed by atoms with E-state index in [0.29, 0.717) is 42.5 Å². The maximum atomic E-state index is 13.3. The molecule has 4 aromatic rings. The molecule has 40 heavy (non-hydrogen) atoms. The van der Waals surface area contributed by atoms with E-state index in [1.165, 1.54) is 16.5 Å². The van der Waals surface area contributed by atoms with Gasteiger partial charge in [0.15, 0.2) is 17.2 Å². The zero-order valence-electron chi connectivity index (χ0n) is 22.4. The molecule has 2 aromatic carbocycles. The number of nitrogens with two attached hydrogens (primary N) is 1. The van der Waals surface area contributed by atoms with Gasteiger partial charge in [0.25, 0.3) is 5.91 Å². The lowest BCUT2D eigenvalue weighted by Gasteiger charge is -2.13. The Kier molecular flexibility index (Phi) is 8.30. The van der Waals surface area contributed by atoms with Gasteiger partial charge in [-0.15, -0.1) is 5.10 Å². The number of anilines is 1. The smallest absolute Gasteiger partial charge is 0.292 e. The van der Waals surface area contributed by atoms with Crippen molar-refractivity contribution in [3.63, 3.8) is 0 Å². The zero-order chi connectivity index (χ0) is 27.9. The number of ether oxygens (including phenoxy) is 2. The Balaban J connectivity index is 1.31. The number of likely N-dealkylation sites (tertiary alicyclic amines) is 1. The van der Waals surface area contributed by atoms with Crippen LogP contribution in [-0.4, -0.2) is 62.0 Å². The van der Waals surface area contributed by atoms with Gasteiger partial charge < -0.3 is 15.2 Å². The number of carbonyl (C=O) groups excluding carboxylic acids is 1. The fourth-order valence-corrected chi connectivity index (χ4v) is 4.46. The number of hydrogen-bond donors (Lipinski definition) is 2. The van der Waals surface area contributed by atoms with Gasteiger partial charge in [-0.3, -0.25) is 9.69 Å². The van der Waals surface area contributed by atoms with E-state index >= 15 is 0 Å². The molecule has 1 fully saturated rings. The van der Waals surface area contributed by atoms with Gasteiger partial charge in [0.1, 0.15) is 12.3 Å². The standard InChI is InChI=1S/C27H31N9O4/c1-3-38-23-14-19(9-10-22(23)39-17-20-8-6-7-18(2)13-20)15-29-31-27(37)24-21(16-35-11-4-5-12-35)30-34-36(24)26-25(28)32-40-33-26/h6-10,13-15H,3-5,11-12,16-17H2,1-2H3,(H2,28,32)(H,31,37)/b29-15+. The monoisotopic (exact) mass is 545 g/mol. The van der Waals surface area contributed by atoms with Gasteiger partial charge in [-0.05, 0) is 79.4 Å². The largest absolute Gasteiger partial charge is 0.490 e. The van der Waals surface area contributed by atoms with E-state index in [2.05, 4.69) is 42.1 Å². The van der Waals surface area contributed by atoms with Gasteiger partial charge >= 0.3 is 0 Å². The van der Waals surface area contributed by atoms with Crippen molar-refractivity contribution < 1.29 is 18.9 Å². The van der Waals surface area contributed by atoms with Gasteiger partial charge in [0.05, 0.1) is 12.8 Å². The third kappa shape index (κ3) is 6.26. The molecule has 5 rings (SSSR count). The zero-order valence-corrected chi connectivity index (χ0v) is 22.4. The van der Waals surface area contributed by atoms with Gasteiger partial charge in [0.2, 0.25) is 11.6 Å². The van der Waals surface area contributed by atoms with Crippen LogP contribution >= 0.6 is 0 Å². The van der Waals surface area contributed by atoms with Crippen molar-refractivity contribution in [2.24, 2.45) is 5.10 Å². The Hall–Kier alpha value is -4.78. The Morgan fingerprint density at radius 1 is 1.15 bits per heavy atom. The van der Waals surface area contributed by atoms with Crippen LogP contribution in [0, 0.1) is 6.92 Å². The lowest BCUT2D eigenvalue weighted by molar-refractivity contribution is 0.0945. The molecule has 13 heteroatoms. The molecule has 0 unspecified atom stereocenters. The minimum Gasteiger partial charge on any atom is -0.490 e. The van der Waals surface area contributed by atoms with Crippen LogP contribution in [0.3, 0.4) is 0 Å². The van der Waals surface area contributed by atoms with E-state index < -0.39 is 5.91 Å². The number of aryl methyl sites for hydroxylation is 1. The van der Waals surface area contributed by atoms with Crippen LogP contribution in [-0.2, 0) is 13.2 Å². The molecule has 0 atom stereocenters. The number of carbonyl (C=O) groups is 1. The maximum absolute atomic E-state index is 13.3. The Morgan fingerprint density at radius 2 is 2.00 bits per heavy atom. The van der Waals surface area contributed by atoms with E-state index in [0.717, 1.165) is 31.5 Å². The second-order valence-electron chi connectivity index (χ2n) is 9.37. The molecular weight excluding hydrogens is 514 g/mol. The molecule has 0 spiro atoms. The van der Waals surface area contributed by atoms with Gasteiger partial charge in [-0.25, -0.2) is 10.1 Å². The maximum Gasteiger partial charge on any atom is 0.292 e. The molecule has 0 radical (unpaired) electrons. The SMILES string of the molecule is CCOc1cc(/C=N/NC(=O)c2c(CN3CCCC3)nnn2-c2nonc2N)ccc1OCc1cccc(C)c1. The minimum atomic E-state index is -0.527. The molecule has 208 valence electrons. The van der Waals surface area contributed by atoms with Crippen molar-refractivity contribution in [2.75, 3.05) is 25.4 Å². The molecular formula is C27H31N9O4. The summed E-state index contributed by atoms with van der Waals surface area (Å²) in [4.78, 5) is 15.5. The van der Waals surface area contributed by atoms with Crippen LogP contribution in [0.2, 0.25) is 0 Å². The van der Waals surface area contributed by atoms with Crippen LogP contribution in [0.15, 0.2) is 52.2 Å². The first-order valence-electron chi connectivity index (χ1n) is 13.1. The molecule has 1 aliphatic rings. The topological polar surface area (TPSA) is 159 Å². The second kappa shape index (κ2) is 12.4. The Labute approximate surface area is 230 Å². The number of nitrogens with one attached hydrogen (secondary N) is 1. The third-order valence-corrected chi connectivity index (χ3v) is 6.35. The number of nitrogen functional groups attached to an aromatic ring is 1. The third-order valence-electron chi connectivity index (χ3n) is 6.35. The van der Waals surface area contributed by atoms with E-state index in [1.807, 2.05) is 44.2 Å². The average molecular weight is 546 g/mol. The van der Waals surface area contributed by atoms with Crippen LogP contribution in [0.25, 0.3) is 5.82 Å². The van der Waals surface area contributed by atoms with Crippen LogP contribution in [0.4, 0.5) is 5.82 Å². The summed E-state index contributed by atoms with van der Waals surface area (Å²) >= 11 is 0. The highest BCUT2D eigenvalue weighted by Crippen LogP contribution is 2.29. The highest BCUT2D eigenvalue weighted by Gasteiger charge is 2.27. The number of rotatable bonds is 11. The number of amides is 1. The van der Waals surface area contributed by atoms with Gasteiger partial charge in [-0.2, -0.15) is 9.78 Å². The van der Waals surface area contributed by atoms with E-state index in [4.69, 9.17) is 19.8 Å². The number of aromatic nitrogens is 5. The number of hydrazone groups is 1. The summed E-state index contributed by atoms with van der Waals surface area (Å²) in [6, 6.07) is 13.6. The van der Waals surface area contributed by atoms with Crippen molar-refractivity contribution in [1.29, 1.82) is 0 Å². The van der Waals surface area contributed by atoms with Crippen molar-refractivity contribution in [3.05, 3.63) is 70.5 Å². The second-order valence-corrected chi connectivity index (χ2v) is 9.37. The molecule has 13 nitrogen and oxygen atoms in total. The first-order valence-corrected chi connectivity index (χ1v) is 13.1. The molecule has 0 saturated carbocycles. The molecule has 0 aliphatic carbocycles. The van der Waals surface area contributed by atoms with E-state index in [-0.39, 0.29) is 17.3 Å². The van der Waals surface area contributed by atoms with E-state index in [1.54, 1.807) is 6.07 Å². The number of benzene rings is 2. The first kappa shape index (κ1) is 26.8. The average Bonchev–Trinajstić information content (AvgIpc) is 3.70. The fourth-order valence-electron chi connectivity index (χ4n) is 4.46. The van der Waals surface area contributed by atoms with Crippen LogP contribution < -0.4 is 20.6 Å². The van der Waals surface area contributed by atoms with Crippen LogP contribution in [0.5, 0.6) is 11.5 Å². The lowest BCUT2D eigenvalue weighted by atomic mass is 10.1. The summed E-state index contributed by atoms with van der Waals surface area (Å²) in [6.45, 7) is 7.13. The molecule has 1 saturated heterocycles.